The van der Waals surface area contributed by atoms with Crippen molar-refractivity contribution in [3.05, 3.63) is 64.2 Å². The number of nitrogens with two attached hydrogens (primary N) is 1. The number of carbonyl (C=O) groups is 1. The number of halogens is 1. The predicted octanol–water partition coefficient (Wildman–Crippen LogP) is 4.84. The fourth-order valence-electron chi connectivity index (χ4n) is 2.16. The van der Waals surface area contributed by atoms with E-state index in [2.05, 4.69) is 20.8 Å². The first-order valence-corrected chi connectivity index (χ1v) is 7.44. The highest BCUT2D eigenvalue weighted by Crippen LogP contribution is 2.28. The first-order chi connectivity index (χ1) is 9.86. The van der Waals surface area contributed by atoms with Gasteiger partial charge < -0.3 is 5.73 Å². The summed E-state index contributed by atoms with van der Waals surface area (Å²) in [5, 5.41) is 0.320. The average Bonchev–Trinajstić information content (AvgIpc) is 2.49. The molecule has 0 amide bonds. The molecule has 0 aromatic heterocycles. The predicted molar refractivity (Wildman–Crippen MR) is 89.1 cm³/mol. The molecule has 2 rings (SSSR count). The molecular weight excluding hydrogens is 282 g/mol. The minimum absolute atomic E-state index is 0.104. The number of rotatable bonds is 4. The van der Waals surface area contributed by atoms with E-state index in [1.165, 1.54) is 5.56 Å². The van der Waals surface area contributed by atoms with Gasteiger partial charge >= 0.3 is 0 Å². The van der Waals surface area contributed by atoms with Crippen molar-refractivity contribution in [2.45, 2.75) is 32.6 Å². The van der Waals surface area contributed by atoms with Crippen LogP contribution in [-0.4, -0.2) is 5.78 Å². The van der Waals surface area contributed by atoms with Crippen molar-refractivity contribution in [1.82, 2.24) is 0 Å². The Morgan fingerprint density at radius 1 is 1.14 bits per heavy atom. The molecule has 0 aliphatic rings. The molecule has 0 fully saturated rings. The minimum atomic E-state index is -0.104. The molecule has 0 atom stereocenters. The quantitative estimate of drug-likeness (QED) is 0.648. The number of hydrogen-bond acceptors (Lipinski definition) is 2. The van der Waals surface area contributed by atoms with E-state index in [-0.39, 0.29) is 11.2 Å². The summed E-state index contributed by atoms with van der Waals surface area (Å²) in [4.78, 5) is 12.5. The molecule has 0 bridgehead atoms. The van der Waals surface area contributed by atoms with Crippen LogP contribution in [0.4, 0.5) is 5.69 Å². The standard InChI is InChI=1S/C18H20ClNO/c1-4-18(2,3)13-10-8-12(9-11-13)17(21)14-6-5-7-15(20)16(14)19/h5-11H,4,20H2,1-3H3. The molecule has 110 valence electrons. The Balaban J connectivity index is 2.35. The Morgan fingerprint density at radius 2 is 1.76 bits per heavy atom. The highest BCUT2D eigenvalue weighted by molar-refractivity contribution is 6.37. The number of hydrogen-bond donors (Lipinski definition) is 1. The lowest BCUT2D eigenvalue weighted by molar-refractivity contribution is 0.103. The van der Waals surface area contributed by atoms with Crippen LogP contribution in [0.1, 0.15) is 48.7 Å². The van der Waals surface area contributed by atoms with Gasteiger partial charge in [0.2, 0.25) is 0 Å². The summed E-state index contributed by atoms with van der Waals surface area (Å²) in [6, 6.07) is 12.9. The Kier molecular flexibility index (Phi) is 4.38. The lowest BCUT2D eigenvalue weighted by Gasteiger charge is -2.23. The Hall–Kier alpha value is -1.80. The molecule has 2 N–H and O–H groups in total. The highest BCUT2D eigenvalue weighted by Gasteiger charge is 2.19. The minimum Gasteiger partial charge on any atom is -0.398 e. The summed E-state index contributed by atoms with van der Waals surface area (Å²) < 4.78 is 0. The third kappa shape index (κ3) is 3.11. The maximum atomic E-state index is 12.5. The fraction of sp³-hybridized carbons (Fsp3) is 0.278. The van der Waals surface area contributed by atoms with Gasteiger partial charge in [-0.3, -0.25) is 4.79 Å². The van der Waals surface area contributed by atoms with Gasteiger partial charge in [0, 0.05) is 11.1 Å². The van der Waals surface area contributed by atoms with E-state index in [0.29, 0.717) is 21.8 Å². The fourth-order valence-corrected chi connectivity index (χ4v) is 2.37. The van der Waals surface area contributed by atoms with E-state index in [4.69, 9.17) is 17.3 Å². The molecule has 0 aliphatic heterocycles. The smallest absolute Gasteiger partial charge is 0.194 e. The molecule has 21 heavy (non-hydrogen) atoms. The second-order valence-corrected chi connectivity index (χ2v) is 6.23. The summed E-state index contributed by atoms with van der Waals surface area (Å²) in [6.07, 6.45) is 1.04. The van der Waals surface area contributed by atoms with Crippen LogP contribution in [0.3, 0.4) is 0 Å². The third-order valence-electron chi connectivity index (χ3n) is 4.09. The number of ketones is 1. The molecule has 0 saturated carbocycles. The van der Waals surface area contributed by atoms with Crippen molar-refractivity contribution < 1.29 is 4.79 Å². The highest BCUT2D eigenvalue weighted by atomic mass is 35.5. The molecular formula is C18H20ClNO. The summed E-state index contributed by atoms with van der Waals surface area (Å²) in [5.74, 6) is -0.104. The normalized spacial score (nSPS) is 11.4. The van der Waals surface area contributed by atoms with Gasteiger partial charge in [0.25, 0.3) is 0 Å². The van der Waals surface area contributed by atoms with Crippen LogP contribution in [0.5, 0.6) is 0 Å². The lowest BCUT2D eigenvalue weighted by Crippen LogP contribution is -2.15. The molecule has 0 saturated heterocycles. The molecule has 2 nitrogen and oxygen atoms in total. The molecule has 2 aromatic carbocycles. The largest absolute Gasteiger partial charge is 0.398 e. The van der Waals surface area contributed by atoms with Gasteiger partial charge in [-0.25, -0.2) is 0 Å². The summed E-state index contributed by atoms with van der Waals surface area (Å²) in [7, 11) is 0. The van der Waals surface area contributed by atoms with E-state index in [0.717, 1.165) is 6.42 Å². The van der Waals surface area contributed by atoms with Crippen LogP contribution < -0.4 is 5.73 Å². The zero-order chi connectivity index (χ0) is 15.6. The first kappa shape index (κ1) is 15.6. The lowest BCUT2D eigenvalue weighted by atomic mass is 9.82. The summed E-state index contributed by atoms with van der Waals surface area (Å²) in [5.41, 5.74) is 8.57. The number of nitrogen functional groups attached to an aromatic ring is 1. The second kappa shape index (κ2) is 5.90. The number of benzene rings is 2. The molecule has 0 radical (unpaired) electrons. The van der Waals surface area contributed by atoms with E-state index < -0.39 is 0 Å². The Labute approximate surface area is 130 Å². The second-order valence-electron chi connectivity index (χ2n) is 5.85. The van der Waals surface area contributed by atoms with Gasteiger partial charge in [0.15, 0.2) is 5.78 Å². The van der Waals surface area contributed by atoms with Crippen molar-refractivity contribution in [2.24, 2.45) is 0 Å². The SMILES string of the molecule is CCC(C)(C)c1ccc(C(=O)c2cccc(N)c2Cl)cc1. The van der Waals surface area contributed by atoms with Gasteiger partial charge in [-0.05, 0) is 29.5 Å². The van der Waals surface area contributed by atoms with E-state index in [9.17, 15) is 4.79 Å². The molecule has 0 spiro atoms. The molecule has 0 aliphatic carbocycles. The first-order valence-electron chi connectivity index (χ1n) is 7.06. The molecule has 0 unspecified atom stereocenters. The van der Waals surface area contributed by atoms with E-state index in [1.54, 1.807) is 18.2 Å². The zero-order valence-corrected chi connectivity index (χ0v) is 13.4. The maximum Gasteiger partial charge on any atom is 0.194 e. The van der Waals surface area contributed by atoms with Crippen LogP contribution in [0.15, 0.2) is 42.5 Å². The van der Waals surface area contributed by atoms with Gasteiger partial charge in [-0.15, -0.1) is 0 Å². The van der Waals surface area contributed by atoms with Gasteiger partial charge in [-0.2, -0.15) is 0 Å². The van der Waals surface area contributed by atoms with Crippen LogP contribution >= 0.6 is 11.6 Å². The van der Waals surface area contributed by atoms with E-state index >= 15 is 0 Å². The van der Waals surface area contributed by atoms with Crippen LogP contribution in [0, 0.1) is 0 Å². The van der Waals surface area contributed by atoms with Crippen molar-refractivity contribution in [1.29, 1.82) is 0 Å². The zero-order valence-electron chi connectivity index (χ0n) is 12.6. The molecule has 3 heteroatoms. The maximum absolute atomic E-state index is 12.5. The summed E-state index contributed by atoms with van der Waals surface area (Å²) >= 11 is 6.12. The van der Waals surface area contributed by atoms with Crippen LogP contribution in [-0.2, 0) is 5.41 Å². The van der Waals surface area contributed by atoms with Crippen molar-refractivity contribution in [3.8, 4) is 0 Å². The average molecular weight is 302 g/mol. The van der Waals surface area contributed by atoms with Crippen molar-refractivity contribution in [3.63, 3.8) is 0 Å². The van der Waals surface area contributed by atoms with Crippen molar-refractivity contribution >= 4 is 23.1 Å². The van der Waals surface area contributed by atoms with Gasteiger partial charge in [0.1, 0.15) is 0 Å². The van der Waals surface area contributed by atoms with Gasteiger partial charge in [0.05, 0.1) is 10.7 Å². The van der Waals surface area contributed by atoms with Crippen LogP contribution in [0.2, 0.25) is 5.02 Å². The number of anilines is 1. The monoisotopic (exact) mass is 301 g/mol. The Bertz CT molecular complexity index is 659. The topological polar surface area (TPSA) is 43.1 Å². The Morgan fingerprint density at radius 3 is 2.33 bits per heavy atom. The van der Waals surface area contributed by atoms with E-state index in [1.807, 2.05) is 24.3 Å². The third-order valence-corrected chi connectivity index (χ3v) is 4.51. The van der Waals surface area contributed by atoms with Crippen LogP contribution in [0.25, 0.3) is 0 Å². The molecule has 0 heterocycles. The number of carbonyl (C=O) groups excluding carboxylic acids is 1. The molecule has 2 aromatic rings. The van der Waals surface area contributed by atoms with Crippen molar-refractivity contribution in [2.75, 3.05) is 5.73 Å². The summed E-state index contributed by atoms with van der Waals surface area (Å²) in [6.45, 7) is 6.54. The van der Waals surface area contributed by atoms with Gasteiger partial charge in [-0.1, -0.05) is 62.7 Å².